The van der Waals surface area contributed by atoms with Crippen LogP contribution in [0.25, 0.3) is 0 Å². The summed E-state index contributed by atoms with van der Waals surface area (Å²) in [6.45, 7) is 11.6. The molecule has 0 fully saturated rings. The molecule has 0 nitrogen and oxygen atoms in total. The summed E-state index contributed by atoms with van der Waals surface area (Å²) in [6.07, 6.45) is 0. The Hall–Kier alpha value is -1.41. The molecule has 0 aromatic heterocycles. The average molecular weight is 315 g/mol. The maximum absolute atomic E-state index is 12.3. The molecule has 0 bridgehead atoms. The summed E-state index contributed by atoms with van der Waals surface area (Å²) in [7, 11) is 0. The van der Waals surface area contributed by atoms with Gasteiger partial charge in [0.25, 0.3) is 0 Å². The van der Waals surface area contributed by atoms with E-state index in [-0.39, 0.29) is 0 Å². The highest BCUT2D eigenvalue weighted by Gasteiger charge is 1.95. The van der Waals surface area contributed by atoms with Crippen LogP contribution in [-0.4, -0.2) is 0 Å². The lowest BCUT2D eigenvalue weighted by Gasteiger charge is -1.92. The first-order valence-corrected chi connectivity index (χ1v) is 7.51. The van der Waals surface area contributed by atoms with Crippen LogP contribution in [0.15, 0.2) is 42.5 Å². The second-order valence-electron chi connectivity index (χ2n) is 3.64. The molecular formula is C18H25ClF2. The first-order chi connectivity index (χ1) is 10.0. The molecule has 0 unspecified atom stereocenters. The van der Waals surface area contributed by atoms with Crippen LogP contribution in [0.2, 0.25) is 5.02 Å². The van der Waals surface area contributed by atoms with Crippen molar-refractivity contribution < 1.29 is 8.78 Å². The van der Waals surface area contributed by atoms with Crippen LogP contribution in [0.5, 0.6) is 0 Å². The largest absolute Gasteiger partial charge is 0.207 e. The van der Waals surface area contributed by atoms with Crippen molar-refractivity contribution in [1.82, 2.24) is 0 Å². The number of aryl methyl sites for hydroxylation is 2. The smallest absolute Gasteiger partial charge is 0.129 e. The fraction of sp³-hybridized carbons (Fsp3) is 0.333. The molecule has 0 saturated carbocycles. The fourth-order valence-electron chi connectivity index (χ4n) is 1.12. The zero-order valence-electron chi connectivity index (χ0n) is 13.7. The van der Waals surface area contributed by atoms with Crippen LogP contribution in [0.1, 0.15) is 38.8 Å². The highest BCUT2D eigenvalue weighted by Crippen LogP contribution is 2.11. The normalized spacial score (nSPS) is 8.24. The van der Waals surface area contributed by atoms with Gasteiger partial charge in [0.15, 0.2) is 0 Å². The predicted octanol–water partition coefficient (Wildman–Crippen LogP) is 6.97. The van der Waals surface area contributed by atoms with Crippen LogP contribution in [0.4, 0.5) is 8.78 Å². The molecule has 0 spiro atoms. The molecule has 2 aromatic rings. The van der Waals surface area contributed by atoms with Crippen LogP contribution in [0.3, 0.4) is 0 Å². The molecule has 0 aliphatic carbocycles. The Kier molecular flexibility index (Phi) is 14.1. The second kappa shape index (κ2) is 13.6. The first kappa shape index (κ1) is 21.9. The lowest BCUT2D eigenvalue weighted by atomic mass is 10.2. The van der Waals surface area contributed by atoms with Gasteiger partial charge < -0.3 is 0 Å². The molecule has 21 heavy (non-hydrogen) atoms. The van der Waals surface area contributed by atoms with Gasteiger partial charge in [-0.1, -0.05) is 63.6 Å². The Bertz CT molecular complexity index is 475. The minimum atomic E-state index is -0.530. The molecular weight excluding hydrogens is 290 g/mol. The number of hydrogen-bond acceptors (Lipinski definition) is 0. The van der Waals surface area contributed by atoms with Crippen LogP contribution >= 0.6 is 11.6 Å². The molecule has 0 aliphatic rings. The molecule has 0 radical (unpaired) electrons. The topological polar surface area (TPSA) is 0 Å². The van der Waals surface area contributed by atoms with E-state index in [0.717, 1.165) is 16.7 Å². The Balaban J connectivity index is 0. The molecule has 0 N–H and O–H groups in total. The van der Waals surface area contributed by atoms with Crippen LogP contribution < -0.4 is 0 Å². The Morgan fingerprint density at radius 2 is 1.29 bits per heavy atom. The van der Waals surface area contributed by atoms with Crippen molar-refractivity contribution in [3.63, 3.8) is 0 Å². The van der Waals surface area contributed by atoms with Crippen LogP contribution in [0, 0.1) is 25.5 Å². The van der Waals surface area contributed by atoms with E-state index in [1.807, 2.05) is 58.9 Å². The molecule has 118 valence electrons. The van der Waals surface area contributed by atoms with Crippen molar-refractivity contribution in [3.8, 4) is 0 Å². The average Bonchev–Trinajstić information content (AvgIpc) is 2.51. The van der Waals surface area contributed by atoms with E-state index in [4.69, 9.17) is 11.6 Å². The van der Waals surface area contributed by atoms with E-state index in [1.54, 1.807) is 6.92 Å². The summed E-state index contributed by atoms with van der Waals surface area (Å²) in [5, 5.41) is 0.840. The minimum Gasteiger partial charge on any atom is -0.207 e. The zero-order chi connectivity index (χ0) is 16.8. The van der Waals surface area contributed by atoms with Crippen molar-refractivity contribution in [2.45, 2.75) is 41.5 Å². The molecule has 0 amide bonds. The molecule has 2 rings (SSSR count). The second-order valence-corrected chi connectivity index (χ2v) is 4.05. The Morgan fingerprint density at radius 1 is 0.762 bits per heavy atom. The lowest BCUT2D eigenvalue weighted by molar-refractivity contribution is 0.577. The number of benzene rings is 2. The fourth-order valence-corrected chi connectivity index (χ4v) is 1.25. The molecule has 0 atom stereocenters. The van der Waals surface area contributed by atoms with E-state index in [2.05, 4.69) is 0 Å². The number of halogens is 3. The van der Waals surface area contributed by atoms with Gasteiger partial charge in [-0.25, -0.2) is 8.78 Å². The summed E-state index contributed by atoms with van der Waals surface area (Å²) < 4.78 is 24.4. The van der Waals surface area contributed by atoms with Gasteiger partial charge >= 0.3 is 0 Å². The van der Waals surface area contributed by atoms with Gasteiger partial charge in [0, 0.05) is 11.1 Å². The summed E-state index contributed by atoms with van der Waals surface area (Å²) >= 11 is 5.71. The van der Waals surface area contributed by atoms with E-state index < -0.39 is 11.6 Å². The predicted molar refractivity (Wildman–Crippen MR) is 90.0 cm³/mol. The molecule has 0 saturated heterocycles. The van der Waals surface area contributed by atoms with Gasteiger partial charge in [0.1, 0.15) is 11.6 Å². The SMILES string of the molecule is CC.CC.Cc1ccc(F)cc1F.Cc1ccccc1Cl. The third-order valence-electron chi connectivity index (χ3n) is 2.21. The van der Waals surface area contributed by atoms with Gasteiger partial charge in [-0.05, 0) is 37.1 Å². The Labute approximate surface area is 132 Å². The maximum Gasteiger partial charge on any atom is 0.129 e. The van der Waals surface area contributed by atoms with Crippen molar-refractivity contribution in [3.05, 3.63) is 70.2 Å². The highest BCUT2D eigenvalue weighted by molar-refractivity contribution is 6.31. The lowest BCUT2D eigenvalue weighted by Crippen LogP contribution is -1.81. The van der Waals surface area contributed by atoms with E-state index >= 15 is 0 Å². The standard InChI is InChI=1S/C7H7Cl.C7H6F2.2C2H6/c1-6-4-2-3-5-7(6)8;1-5-2-3-6(8)4-7(5)9;2*1-2/h2-5H,1H3;2-4H,1H3;2*1-2H3. The number of hydrogen-bond donors (Lipinski definition) is 0. The van der Waals surface area contributed by atoms with Gasteiger partial charge in [-0.3, -0.25) is 0 Å². The molecule has 0 heterocycles. The first-order valence-electron chi connectivity index (χ1n) is 7.13. The minimum absolute atomic E-state index is 0.469. The highest BCUT2D eigenvalue weighted by atomic mass is 35.5. The van der Waals surface area contributed by atoms with Crippen molar-refractivity contribution in [2.75, 3.05) is 0 Å². The number of rotatable bonds is 0. The van der Waals surface area contributed by atoms with Gasteiger partial charge in [0.2, 0.25) is 0 Å². The Morgan fingerprint density at radius 3 is 1.62 bits per heavy atom. The van der Waals surface area contributed by atoms with Crippen molar-refractivity contribution in [2.24, 2.45) is 0 Å². The summed E-state index contributed by atoms with van der Waals surface area (Å²) in [6, 6.07) is 11.3. The molecule has 2 aromatic carbocycles. The van der Waals surface area contributed by atoms with E-state index in [9.17, 15) is 8.78 Å². The van der Waals surface area contributed by atoms with Crippen LogP contribution in [-0.2, 0) is 0 Å². The summed E-state index contributed by atoms with van der Waals surface area (Å²) in [4.78, 5) is 0. The van der Waals surface area contributed by atoms with Gasteiger partial charge in [0.05, 0.1) is 0 Å². The van der Waals surface area contributed by atoms with Gasteiger partial charge in [-0.15, -0.1) is 0 Å². The van der Waals surface area contributed by atoms with E-state index in [1.165, 1.54) is 12.1 Å². The summed E-state index contributed by atoms with van der Waals surface area (Å²) in [5.74, 6) is -1.02. The molecule has 3 heteroatoms. The third-order valence-corrected chi connectivity index (χ3v) is 2.63. The molecule has 0 aliphatic heterocycles. The van der Waals surface area contributed by atoms with Gasteiger partial charge in [-0.2, -0.15) is 0 Å². The monoisotopic (exact) mass is 314 g/mol. The third kappa shape index (κ3) is 10.0. The maximum atomic E-state index is 12.3. The van der Waals surface area contributed by atoms with Crippen molar-refractivity contribution >= 4 is 11.6 Å². The van der Waals surface area contributed by atoms with Crippen molar-refractivity contribution in [1.29, 1.82) is 0 Å². The van der Waals surface area contributed by atoms with E-state index in [0.29, 0.717) is 5.56 Å². The quantitative estimate of drug-likeness (QED) is 0.492. The zero-order valence-corrected chi connectivity index (χ0v) is 14.4. The summed E-state index contributed by atoms with van der Waals surface area (Å²) in [5.41, 5.74) is 1.60.